The molecule has 0 heterocycles. The molecule has 0 saturated heterocycles. The molecular weight excluding hydrogens is 228 g/mol. The number of ether oxygens (including phenoxy) is 1. The highest BCUT2D eigenvalue weighted by Crippen LogP contribution is 2.22. The van der Waals surface area contributed by atoms with Crippen LogP contribution in [-0.4, -0.2) is 17.7 Å². The van der Waals surface area contributed by atoms with Gasteiger partial charge in [0.2, 0.25) is 0 Å². The summed E-state index contributed by atoms with van der Waals surface area (Å²) >= 11 is 0. The zero-order valence-electron chi connectivity index (χ0n) is 10.1. The van der Waals surface area contributed by atoms with E-state index in [-0.39, 0.29) is 18.9 Å². The maximum absolute atomic E-state index is 10.8. The lowest BCUT2D eigenvalue weighted by Crippen LogP contribution is -2.04. The minimum absolute atomic E-state index is 0.00853. The van der Waals surface area contributed by atoms with Gasteiger partial charge in [0.25, 0.3) is 0 Å². The van der Waals surface area contributed by atoms with Crippen LogP contribution in [0.25, 0.3) is 0 Å². The summed E-state index contributed by atoms with van der Waals surface area (Å²) in [6.45, 7) is 1.91. The molecule has 0 unspecified atom stereocenters. The standard InChI is InChI=1S/C15H14O3/c1-3-5-13(11-15(16)17)12-6-8-14(9-7-12)18-10-4-2/h2,6-9,13H,10-11H2,1H3,(H,16,17)/t13-/m1/s1. The Bertz CT molecular complexity index is 497. The molecule has 0 saturated carbocycles. The lowest BCUT2D eigenvalue weighted by molar-refractivity contribution is -0.137. The smallest absolute Gasteiger partial charge is 0.304 e. The molecule has 0 fully saturated rings. The van der Waals surface area contributed by atoms with E-state index in [1.54, 1.807) is 19.1 Å². The van der Waals surface area contributed by atoms with Crippen LogP contribution >= 0.6 is 0 Å². The molecule has 1 aromatic carbocycles. The van der Waals surface area contributed by atoms with Gasteiger partial charge in [-0.05, 0) is 24.6 Å². The molecule has 1 aromatic rings. The quantitative estimate of drug-likeness (QED) is 0.806. The van der Waals surface area contributed by atoms with Gasteiger partial charge >= 0.3 is 5.97 Å². The van der Waals surface area contributed by atoms with Gasteiger partial charge in [-0.1, -0.05) is 24.0 Å². The zero-order valence-corrected chi connectivity index (χ0v) is 10.1. The van der Waals surface area contributed by atoms with E-state index in [0.29, 0.717) is 5.75 Å². The number of benzene rings is 1. The number of aliphatic carboxylic acids is 1. The summed E-state index contributed by atoms with van der Waals surface area (Å²) in [5, 5.41) is 8.83. The van der Waals surface area contributed by atoms with Crippen molar-refractivity contribution >= 4 is 5.97 Å². The van der Waals surface area contributed by atoms with Crippen molar-refractivity contribution < 1.29 is 14.6 Å². The van der Waals surface area contributed by atoms with Crippen molar-refractivity contribution in [3.63, 3.8) is 0 Å². The SMILES string of the molecule is C#CCOc1ccc([C@H](C#CC)CC(=O)O)cc1. The molecule has 0 aliphatic rings. The molecule has 0 aliphatic carbocycles. The third-order valence-electron chi connectivity index (χ3n) is 2.30. The highest BCUT2D eigenvalue weighted by Gasteiger charge is 2.12. The zero-order chi connectivity index (χ0) is 13.4. The van der Waals surface area contributed by atoms with Gasteiger partial charge in [-0.3, -0.25) is 4.79 Å². The van der Waals surface area contributed by atoms with Gasteiger partial charge in [-0.15, -0.1) is 12.3 Å². The van der Waals surface area contributed by atoms with Gasteiger partial charge in [0.1, 0.15) is 12.4 Å². The fourth-order valence-electron chi connectivity index (χ4n) is 1.52. The minimum Gasteiger partial charge on any atom is -0.481 e. The van der Waals surface area contributed by atoms with Gasteiger partial charge in [0, 0.05) is 0 Å². The summed E-state index contributed by atoms with van der Waals surface area (Å²) in [7, 11) is 0. The summed E-state index contributed by atoms with van der Waals surface area (Å²) in [5.41, 5.74) is 0.861. The summed E-state index contributed by atoms with van der Waals surface area (Å²) in [4.78, 5) is 10.8. The van der Waals surface area contributed by atoms with Crippen molar-refractivity contribution in [2.45, 2.75) is 19.3 Å². The van der Waals surface area contributed by atoms with Crippen molar-refractivity contribution in [3.05, 3.63) is 29.8 Å². The second-order valence-electron chi connectivity index (χ2n) is 3.61. The van der Waals surface area contributed by atoms with E-state index in [1.165, 1.54) is 0 Å². The Balaban J connectivity index is 2.82. The van der Waals surface area contributed by atoms with E-state index in [2.05, 4.69) is 17.8 Å². The monoisotopic (exact) mass is 242 g/mol. The van der Waals surface area contributed by atoms with Crippen molar-refractivity contribution in [1.82, 2.24) is 0 Å². The van der Waals surface area contributed by atoms with Crippen LogP contribution in [0.15, 0.2) is 24.3 Å². The van der Waals surface area contributed by atoms with E-state index in [9.17, 15) is 4.79 Å². The van der Waals surface area contributed by atoms with Gasteiger partial charge in [0.05, 0.1) is 12.3 Å². The Morgan fingerprint density at radius 3 is 2.61 bits per heavy atom. The van der Waals surface area contributed by atoms with E-state index >= 15 is 0 Å². The van der Waals surface area contributed by atoms with Crippen molar-refractivity contribution in [1.29, 1.82) is 0 Å². The van der Waals surface area contributed by atoms with Crippen molar-refractivity contribution in [2.24, 2.45) is 0 Å². The number of carboxylic acids is 1. The molecule has 0 radical (unpaired) electrons. The summed E-state index contributed by atoms with van der Waals surface area (Å²) in [6, 6.07) is 7.14. The normalized spacial score (nSPS) is 10.7. The highest BCUT2D eigenvalue weighted by atomic mass is 16.5. The molecule has 0 amide bonds. The van der Waals surface area contributed by atoms with Crippen LogP contribution in [0.5, 0.6) is 5.75 Å². The number of carboxylic acid groups (broad SMARTS) is 1. The van der Waals surface area contributed by atoms with Gasteiger partial charge in [-0.2, -0.15) is 0 Å². The molecule has 3 heteroatoms. The first kappa shape index (κ1) is 13.7. The third kappa shape index (κ3) is 4.23. The molecule has 0 aromatic heterocycles. The average Bonchev–Trinajstić information content (AvgIpc) is 2.36. The second-order valence-corrected chi connectivity index (χ2v) is 3.61. The van der Waals surface area contributed by atoms with Gasteiger partial charge in [0.15, 0.2) is 0 Å². The van der Waals surface area contributed by atoms with E-state index < -0.39 is 5.97 Å². The largest absolute Gasteiger partial charge is 0.481 e. The topological polar surface area (TPSA) is 46.5 Å². The Morgan fingerprint density at radius 2 is 2.11 bits per heavy atom. The number of rotatable bonds is 5. The number of carbonyl (C=O) groups is 1. The summed E-state index contributed by atoms with van der Waals surface area (Å²) in [6.07, 6.45) is 5.08. The number of hydrogen-bond acceptors (Lipinski definition) is 2. The summed E-state index contributed by atoms with van der Waals surface area (Å²) in [5.74, 6) is 7.52. The molecule has 92 valence electrons. The van der Waals surface area contributed by atoms with Crippen molar-refractivity contribution in [2.75, 3.05) is 6.61 Å². The summed E-state index contributed by atoms with van der Waals surface area (Å²) < 4.78 is 5.24. The Labute approximate surface area is 107 Å². The van der Waals surface area contributed by atoms with Crippen LogP contribution in [-0.2, 0) is 4.79 Å². The van der Waals surface area contributed by atoms with Gasteiger partial charge in [-0.25, -0.2) is 0 Å². The van der Waals surface area contributed by atoms with Crippen LogP contribution < -0.4 is 4.74 Å². The number of hydrogen-bond donors (Lipinski definition) is 1. The predicted octanol–water partition coefficient (Wildman–Crippen LogP) is 2.28. The highest BCUT2D eigenvalue weighted by molar-refractivity contribution is 5.69. The Kier molecular flexibility index (Phi) is 5.35. The Morgan fingerprint density at radius 1 is 1.44 bits per heavy atom. The van der Waals surface area contributed by atoms with Crippen LogP contribution in [0.2, 0.25) is 0 Å². The van der Waals surface area contributed by atoms with E-state index in [4.69, 9.17) is 16.3 Å². The van der Waals surface area contributed by atoms with Crippen LogP contribution in [0.1, 0.15) is 24.8 Å². The first-order valence-electron chi connectivity index (χ1n) is 5.47. The van der Waals surface area contributed by atoms with E-state index in [1.807, 2.05) is 12.1 Å². The Hall–Kier alpha value is -2.39. The molecule has 0 spiro atoms. The second kappa shape index (κ2) is 7.04. The molecule has 18 heavy (non-hydrogen) atoms. The van der Waals surface area contributed by atoms with Crippen LogP contribution in [0.4, 0.5) is 0 Å². The molecule has 3 nitrogen and oxygen atoms in total. The third-order valence-corrected chi connectivity index (χ3v) is 2.30. The fourth-order valence-corrected chi connectivity index (χ4v) is 1.52. The van der Waals surface area contributed by atoms with Crippen molar-refractivity contribution in [3.8, 4) is 29.9 Å². The lowest BCUT2D eigenvalue weighted by Gasteiger charge is -2.09. The molecular formula is C15H14O3. The maximum atomic E-state index is 10.8. The first-order chi connectivity index (χ1) is 8.67. The maximum Gasteiger partial charge on any atom is 0.304 e. The first-order valence-corrected chi connectivity index (χ1v) is 5.47. The van der Waals surface area contributed by atoms with E-state index in [0.717, 1.165) is 5.56 Å². The van der Waals surface area contributed by atoms with Gasteiger partial charge < -0.3 is 9.84 Å². The fraction of sp³-hybridized carbons (Fsp3) is 0.267. The molecule has 1 rings (SSSR count). The molecule has 1 atom stereocenters. The molecule has 0 bridgehead atoms. The molecule has 0 aliphatic heterocycles. The van der Waals surface area contributed by atoms with Crippen LogP contribution in [0, 0.1) is 24.2 Å². The predicted molar refractivity (Wildman–Crippen MR) is 69.2 cm³/mol. The lowest BCUT2D eigenvalue weighted by atomic mass is 9.96. The molecule has 1 N–H and O–H groups in total. The average molecular weight is 242 g/mol. The minimum atomic E-state index is -0.865. The number of terminal acetylenes is 1. The van der Waals surface area contributed by atoms with Crippen LogP contribution in [0.3, 0.4) is 0 Å².